The molecule has 4 nitrogen and oxygen atoms in total. The molecule has 0 bridgehead atoms. The van der Waals surface area contributed by atoms with Gasteiger partial charge in [-0.15, -0.1) is 0 Å². The summed E-state index contributed by atoms with van der Waals surface area (Å²) in [6.07, 6.45) is 1.72. The van der Waals surface area contributed by atoms with Gasteiger partial charge in [-0.05, 0) is 18.9 Å². The van der Waals surface area contributed by atoms with E-state index in [1.807, 2.05) is 38.1 Å². The number of aliphatic hydroxyl groups excluding tert-OH is 1. The first kappa shape index (κ1) is 12.8. The van der Waals surface area contributed by atoms with E-state index in [0.717, 1.165) is 24.0 Å². The summed E-state index contributed by atoms with van der Waals surface area (Å²) in [6.45, 7) is 4.05. The first-order valence-electron chi connectivity index (χ1n) is 6.27. The molecule has 18 heavy (non-hydrogen) atoms. The molecule has 0 spiro atoms. The van der Waals surface area contributed by atoms with E-state index < -0.39 is 6.10 Å². The third-order valence-corrected chi connectivity index (χ3v) is 2.89. The largest absolute Gasteiger partial charge is 0.393 e. The zero-order valence-corrected chi connectivity index (χ0v) is 10.8. The number of hydrogen-bond donors (Lipinski definition) is 1. The first-order chi connectivity index (χ1) is 8.70. The van der Waals surface area contributed by atoms with Crippen LogP contribution in [0.25, 0.3) is 11.4 Å². The van der Waals surface area contributed by atoms with Crippen LogP contribution in [0.3, 0.4) is 0 Å². The van der Waals surface area contributed by atoms with E-state index in [9.17, 15) is 5.11 Å². The summed E-state index contributed by atoms with van der Waals surface area (Å²) < 4.78 is 5.17. The number of aryl methyl sites for hydroxylation is 1. The Kier molecular flexibility index (Phi) is 4.10. The molecule has 0 saturated carbocycles. The molecule has 1 unspecified atom stereocenters. The summed E-state index contributed by atoms with van der Waals surface area (Å²) in [6, 6.07) is 7.90. The molecular weight excluding hydrogens is 228 g/mol. The molecule has 96 valence electrons. The average Bonchev–Trinajstić information content (AvgIpc) is 2.78. The fourth-order valence-corrected chi connectivity index (χ4v) is 1.91. The van der Waals surface area contributed by atoms with Crippen LogP contribution in [-0.2, 0) is 6.42 Å². The molecule has 0 radical (unpaired) electrons. The molecule has 1 aromatic heterocycles. The smallest absolute Gasteiger partial charge is 0.229 e. The lowest BCUT2D eigenvalue weighted by Gasteiger charge is -2.04. The molecule has 2 rings (SSSR count). The molecular formula is C14H18N2O2. The van der Waals surface area contributed by atoms with Crippen molar-refractivity contribution in [2.24, 2.45) is 0 Å². The van der Waals surface area contributed by atoms with Gasteiger partial charge in [-0.25, -0.2) is 0 Å². The van der Waals surface area contributed by atoms with Crippen molar-refractivity contribution in [3.05, 3.63) is 35.7 Å². The Morgan fingerprint density at radius 3 is 2.83 bits per heavy atom. The zero-order valence-electron chi connectivity index (χ0n) is 10.8. The second-order valence-electron chi connectivity index (χ2n) is 4.47. The molecule has 1 N–H and O–H groups in total. The number of benzene rings is 1. The number of rotatable bonds is 5. The van der Waals surface area contributed by atoms with E-state index >= 15 is 0 Å². The summed E-state index contributed by atoms with van der Waals surface area (Å²) in [5.41, 5.74) is 2.08. The maximum atomic E-state index is 9.71. The van der Waals surface area contributed by atoms with E-state index in [1.165, 1.54) is 0 Å². The highest BCUT2D eigenvalue weighted by molar-refractivity contribution is 5.58. The van der Waals surface area contributed by atoms with Crippen molar-refractivity contribution in [1.82, 2.24) is 10.1 Å². The number of aliphatic hydroxyl groups is 1. The van der Waals surface area contributed by atoms with E-state index in [-0.39, 0.29) is 0 Å². The number of aromatic nitrogens is 2. The van der Waals surface area contributed by atoms with Crippen LogP contribution in [0.4, 0.5) is 0 Å². The molecule has 1 heterocycles. The number of nitrogens with zero attached hydrogens (tertiary/aromatic N) is 2. The van der Waals surface area contributed by atoms with Crippen LogP contribution in [0, 0.1) is 6.92 Å². The Morgan fingerprint density at radius 2 is 2.11 bits per heavy atom. The molecule has 0 aliphatic carbocycles. The molecule has 4 heteroatoms. The minimum atomic E-state index is -0.403. The highest BCUT2D eigenvalue weighted by Gasteiger charge is 2.13. The van der Waals surface area contributed by atoms with Gasteiger partial charge < -0.3 is 9.63 Å². The SMILES string of the molecule is CCCC(O)Cc1nc(-c2ccccc2C)no1. The Bertz CT molecular complexity index is 508. The van der Waals surface area contributed by atoms with Crippen molar-refractivity contribution >= 4 is 0 Å². The topological polar surface area (TPSA) is 59.2 Å². The standard InChI is InChI=1S/C14H18N2O2/c1-3-6-11(17)9-13-15-14(16-18-13)12-8-5-4-7-10(12)2/h4-5,7-8,11,17H,3,6,9H2,1-2H3. The first-order valence-corrected chi connectivity index (χ1v) is 6.27. The fraction of sp³-hybridized carbons (Fsp3) is 0.429. The van der Waals surface area contributed by atoms with Crippen molar-refractivity contribution in [3.63, 3.8) is 0 Å². The summed E-state index contributed by atoms with van der Waals surface area (Å²) >= 11 is 0. The molecule has 1 atom stereocenters. The molecule has 2 aromatic rings. The Balaban J connectivity index is 2.13. The van der Waals surface area contributed by atoms with Crippen molar-refractivity contribution in [2.75, 3.05) is 0 Å². The maximum absolute atomic E-state index is 9.71. The lowest BCUT2D eigenvalue weighted by atomic mass is 10.1. The van der Waals surface area contributed by atoms with Gasteiger partial charge in [-0.3, -0.25) is 0 Å². The Labute approximate surface area is 107 Å². The zero-order chi connectivity index (χ0) is 13.0. The van der Waals surface area contributed by atoms with E-state index in [4.69, 9.17) is 4.52 Å². The predicted molar refractivity (Wildman–Crippen MR) is 69.1 cm³/mol. The van der Waals surface area contributed by atoms with Gasteiger partial charge in [-0.2, -0.15) is 4.98 Å². The minimum Gasteiger partial charge on any atom is -0.393 e. The quantitative estimate of drug-likeness (QED) is 0.881. The molecule has 0 aliphatic heterocycles. The lowest BCUT2D eigenvalue weighted by molar-refractivity contribution is 0.152. The minimum absolute atomic E-state index is 0.403. The van der Waals surface area contributed by atoms with E-state index in [1.54, 1.807) is 0 Å². The van der Waals surface area contributed by atoms with Crippen LogP contribution in [0.1, 0.15) is 31.2 Å². The van der Waals surface area contributed by atoms with Gasteiger partial charge in [0.2, 0.25) is 11.7 Å². The van der Waals surface area contributed by atoms with Gasteiger partial charge in [0.25, 0.3) is 0 Å². The summed E-state index contributed by atoms with van der Waals surface area (Å²) in [7, 11) is 0. The van der Waals surface area contributed by atoms with Crippen molar-refractivity contribution in [2.45, 2.75) is 39.2 Å². The van der Waals surface area contributed by atoms with Crippen LogP contribution in [0.2, 0.25) is 0 Å². The lowest BCUT2D eigenvalue weighted by Crippen LogP contribution is -2.09. The summed E-state index contributed by atoms with van der Waals surface area (Å²) in [5.74, 6) is 1.08. The van der Waals surface area contributed by atoms with Crippen molar-refractivity contribution < 1.29 is 9.63 Å². The Hall–Kier alpha value is -1.68. The van der Waals surface area contributed by atoms with Crippen LogP contribution in [-0.4, -0.2) is 21.4 Å². The predicted octanol–water partition coefficient (Wildman–Crippen LogP) is 2.75. The third-order valence-electron chi connectivity index (χ3n) is 2.89. The van der Waals surface area contributed by atoms with E-state index in [2.05, 4.69) is 10.1 Å². The normalized spacial score (nSPS) is 12.6. The average molecular weight is 246 g/mol. The fourth-order valence-electron chi connectivity index (χ4n) is 1.91. The monoisotopic (exact) mass is 246 g/mol. The van der Waals surface area contributed by atoms with Crippen LogP contribution >= 0.6 is 0 Å². The van der Waals surface area contributed by atoms with Gasteiger partial charge in [-0.1, -0.05) is 42.8 Å². The number of hydrogen-bond acceptors (Lipinski definition) is 4. The summed E-state index contributed by atoms with van der Waals surface area (Å²) in [4.78, 5) is 4.33. The maximum Gasteiger partial charge on any atom is 0.229 e. The van der Waals surface area contributed by atoms with Gasteiger partial charge >= 0.3 is 0 Å². The van der Waals surface area contributed by atoms with Gasteiger partial charge in [0.05, 0.1) is 12.5 Å². The molecule has 0 amide bonds. The van der Waals surface area contributed by atoms with Crippen molar-refractivity contribution in [1.29, 1.82) is 0 Å². The molecule has 0 saturated heterocycles. The molecule has 1 aromatic carbocycles. The third kappa shape index (κ3) is 2.96. The second kappa shape index (κ2) is 5.78. The van der Waals surface area contributed by atoms with Gasteiger partial charge in [0, 0.05) is 5.56 Å². The Morgan fingerprint density at radius 1 is 1.33 bits per heavy atom. The van der Waals surface area contributed by atoms with E-state index in [0.29, 0.717) is 18.1 Å². The van der Waals surface area contributed by atoms with Crippen molar-refractivity contribution in [3.8, 4) is 11.4 Å². The highest BCUT2D eigenvalue weighted by atomic mass is 16.5. The van der Waals surface area contributed by atoms with Crippen LogP contribution in [0.5, 0.6) is 0 Å². The highest BCUT2D eigenvalue weighted by Crippen LogP contribution is 2.20. The van der Waals surface area contributed by atoms with Crippen LogP contribution in [0.15, 0.2) is 28.8 Å². The van der Waals surface area contributed by atoms with Crippen LogP contribution < -0.4 is 0 Å². The van der Waals surface area contributed by atoms with Gasteiger partial charge in [0.15, 0.2) is 0 Å². The van der Waals surface area contributed by atoms with Gasteiger partial charge in [0.1, 0.15) is 0 Å². The second-order valence-corrected chi connectivity index (χ2v) is 4.47. The summed E-state index contributed by atoms with van der Waals surface area (Å²) in [5, 5.41) is 13.7. The molecule has 0 aliphatic rings. The molecule has 0 fully saturated rings.